The lowest BCUT2D eigenvalue weighted by atomic mass is 9.98. The molecular formula is C27H30N6O2S. The number of thiazole rings is 1. The van der Waals surface area contributed by atoms with E-state index in [0.29, 0.717) is 28.8 Å². The molecule has 0 spiro atoms. The Balaban J connectivity index is 1.80. The van der Waals surface area contributed by atoms with Crippen LogP contribution in [0.15, 0.2) is 43.0 Å². The summed E-state index contributed by atoms with van der Waals surface area (Å²) in [7, 11) is 0. The van der Waals surface area contributed by atoms with Crippen LogP contribution in [0, 0.1) is 13.8 Å². The maximum absolute atomic E-state index is 11.8. The largest absolute Gasteiger partial charge is 0.490 e. The van der Waals surface area contributed by atoms with Crippen LogP contribution in [0.25, 0.3) is 33.3 Å². The fourth-order valence-electron chi connectivity index (χ4n) is 3.93. The number of anilines is 1. The highest BCUT2D eigenvalue weighted by Crippen LogP contribution is 2.35. The van der Waals surface area contributed by atoms with Crippen molar-refractivity contribution in [3.8, 4) is 39.1 Å². The van der Waals surface area contributed by atoms with Crippen LogP contribution in [0.2, 0.25) is 0 Å². The monoisotopic (exact) mass is 502 g/mol. The van der Waals surface area contributed by atoms with Crippen molar-refractivity contribution in [2.24, 2.45) is 0 Å². The van der Waals surface area contributed by atoms with Gasteiger partial charge in [0.25, 0.3) is 0 Å². The Hall–Kier alpha value is -3.72. The van der Waals surface area contributed by atoms with Gasteiger partial charge >= 0.3 is 0 Å². The SMILES string of the molecule is CCC(=O)Nc1ncc(-c2cc(-c3c(C)cc(OC(CC)CC)cc3C)nc(-c3cnccn3)n2)s1. The van der Waals surface area contributed by atoms with Gasteiger partial charge in [0.05, 0.1) is 28.6 Å². The molecule has 0 saturated heterocycles. The number of carbonyl (C=O) groups is 1. The van der Waals surface area contributed by atoms with Crippen LogP contribution in [-0.2, 0) is 4.79 Å². The van der Waals surface area contributed by atoms with Gasteiger partial charge in [-0.2, -0.15) is 0 Å². The number of hydrogen-bond donors (Lipinski definition) is 1. The molecule has 0 saturated carbocycles. The van der Waals surface area contributed by atoms with Crippen molar-refractivity contribution < 1.29 is 9.53 Å². The second kappa shape index (κ2) is 11.3. The fourth-order valence-corrected chi connectivity index (χ4v) is 4.73. The van der Waals surface area contributed by atoms with Crippen molar-refractivity contribution in [2.45, 2.75) is 60.0 Å². The van der Waals surface area contributed by atoms with Crippen molar-refractivity contribution in [3.05, 3.63) is 54.1 Å². The third kappa shape index (κ3) is 5.73. The average molecular weight is 503 g/mol. The molecule has 0 fully saturated rings. The maximum Gasteiger partial charge on any atom is 0.225 e. The summed E-state index contributed by atoms with van der Waals surface area (Å²) in [6.07, 6.45) is 9.11. The van der Waals surface area contributed by atoms with Crippen molar-refractivity contribution in [3.63, 3.8) is 0 Å². The van der Waals surface area contributed by atoms with E-state index in [9.17, 15) is 4.79 Å². The molecule has 8 nitrogen and oxygen atoms in total. The zero-order valence-electron chi connectivity index (χ0n) is 21.2. The molecule has 1 N–H and O–H groups in total. The predicted molar refractivity (Wildman–Crippen MR) is 143 cm³/mol. The van der Waals surface area contributed by atoms with E-state index >= 15 is 0 Å². The first-order chi connectivity index (χ1) is 17.4. The molecule has 36 heavy (non-hydrogen) atoms. The Labute approximate surface area is 215 Å². The van der Waals surface area contributed by atoms with Gasteiger partial charge in [-0.3, -0.25) is 9.78 Å². The Morgan fingerprint density at radius 1 is 0.944 bits per heavy atom. The summed E-state index contributed by atoms with van der Waals surface area (Å²) < 4.78 is 6.20. The summed E-state index contributed by atoms with van der Waals surface area (Å²) in [4.78, 5) is 35.2. The second-order valence-electron chi connectivity index (χ2n) is 8.47. The van der Waals surface area contributed by atoms with Gasteiger partial charge in [0, 0.05) is 30.6 Å². The molecular weight excluding hydrogens is 472 g/mol. The molecule has 1 amide bonds. The van der Waals surface area contributed by atoms with Gasteiger partial charge in [0.1, 0.15) is 11.4 Å². The van der Waals surface area contributed by atoms with Crippen molar-refractivity contribution in [2.75, 3.05) is 5.32 Å². The second-order valence-corrected chi connectivity index (χ2v) is 9.50. The van der Waals surface area contributed by atoms with Crippen molar-refractivity contribution in [1.82, 2.24) is 24.9 Å². The summed E-state index contributed by atoms with van der Waals surface area (Å²) in [5.41, 5.74) is 5.19. The standard InChI is InChI=1S/C27H30N6O2S/c1-6-18(7-2)35-19-11-16(4)25(17(5)12-19)21-13-20(23-15-30-27(36-23)33-24(34)8-3)31-26(32-21)22-14-28-9-10-29-22/h9-15,18H,6-8H2,1-5H3,(H,30,33,34). The number of benzene rings is 1. The minimum absolute atomic E-state index is 0.0820. The van der Waals surface area contributed by atoms with Crippen LogP contribution in [-0.4, -0.2) is 36.9 Å². The molecule has 0 unspecified atom stereocenters. The molecule has 3 heterocycles. The lowest BCUT2D eigenvalue weighted by molar-refractivity contribution is -0.115. The first kappa shape index (κ1) is 25.4. The number of hydrogen-bond acceptors (Lipinski definition) is 8. The van der Waals surface area contributed by atoms with Crippen LogP contribution >= 0.6 is 11.3 Å². The predicted octanol–water partition coefficient (Wildman–Crippen LogP) is 6.26. The summed E-state index contributed by atoms with van der Waals surface area (Å²) >= 11 is 1.37. The number of amides is 1. The Morgan fingerprint density at radius 2 is 1.67 bits per heavy atom. The summed E-state index contributed by atoms with van der Waals surface area (Å²) in [5.74, 6) is 1.26. The summed E-state index contributed by atoms with van der Waals surface area (Å²) in [6, 6.07) is 6.08. The smallest absolute Gasteiger partial charge is 0.225 e. The van der Waals surface area contributed by atoms with Crippen LogP contribution in [0.4, 0.5) is 5.13 Å². The zero-order valence-corrected chi connectivity index (χ0v) is 22.0. The van der Waals surface area contributed by atoms with Gasteiger partial charge in [0.15, 0.2) is 11.0 Å². The Kier molecular flexibility index (Phi) is 8.00. The minimum Gasteiger partial charge on any atom is -0.490 e. The summed E-state index contributed by atoms with van der Waals surface area (Å²) in [5, 5.41) is 3.35. The van der Waals surface area contributed by atoms with E-state index in [4.69, 9.17) is 14.7 Å². The average Bonchev–Trinajstić information content (AvgIpc) is 3.35. The molecule has 4 aromatic rings. The third-order valence-corrected chi connectivity index (χ3v) is 6.76. The molecule has 0 bridgehead atoms. The Bertz CT molecular complexity index is 1330. The lowest BCUT2D eigenvalue weighted by Gasteiger charge is -2.19. The molecule has 0 radical (unpaired) electrons. The van der Waals surface area contributed by atoms with E-state index in [1.54, 1.807) is 31.7 Å². The van der Waals surface area contributed by atoms with Gasteiger partial charge in [-0.25, -0.2) is 19.9 Å². The topological polar surface area (TPSA) is 103 Å². The van der Waals surface area contributed by atoms with E-state index in [2.05, 4.69) is 60.1 Å². The Morgan fingerprint density at radius 3 is 2.31 bits per heavy atom. The quantitative estimate of drug-likeness (QED) is 0.288. The lowest BCUT2D eigenvalue weighted by Crippen LogP contribution is -2.13. The number of nitrogens with one attached hydrogen (secondary N) is 1. The van der Waals surface area contributed by atoms with E-state index in [1.165, 1.54) is 11.3 Å². The third-order valence-electron chi connectivity index (χ3n) is 5.82. The first-order valence-corrected chi connectivity index (χ1v) is 12.9. The van der Waals surface area contributed by atoms with Crippen molar-refractivity contribution >= 4 is 22.4 Å². The molecule has 0 atom stereocenters. The highest BCUT2D eigenvalue weighted by atomic mass is 32.1. The van der Waals surface area contributed by atoms with E-state index in [0.717, 1.165) is 45.9 Å². The van der Waals surface area contributed by atoms with Gasteiger partial charge in [-0.1, -0.05) is 32.1 Å². The molecule has 186 valence electrons. The van der Waals surface area contributed by atoms with Crippen LogP contribution in [0.1, 0.15) is 51.2 Å². The molecule has 0 aliphatic heterocycles. The van der Waals surface area contributed by atoms with E-state index in [1.807, 2.05) is 6.07 Å². The number of aryl methyl sites for hydroxylation is 2. The van der Waals surface area contributed by atoms with E-state index in [-0.39, 0.29) is 12.0 Å². The van der Waals surface area contributed by atoms with E-state index < -0.39 is 0 Å². The van der Waals surface area contributed by atoms with Crippen LogP contribution in [0.5, 0.6) is 5.75 Å². The van der Waals surface area contributed by atoms with Crippen molar-refractivity contribution in [1.29, 1.82) is 0 Å². The molecule has 9 heteroatoms. The van der Waals surface area contributed by atoms with Crippen LogP contribution in [0.3, 0.4) is 0 Å². The number of carbonyl (C=O) groups excluding carboxylic acids is 1. The first-order valence-electron chi connectivity index (χ1n) is 12.1. The molecule has 0 aliphatic carbocycles. The van der Waals surface area contributed by atoms with Gasteiger partial charge < -0.3 is 10.1 Å². The zero-order chi connectivity index (χ0) is 25.7. The summed E-state index contributed by atoms with van der Waals surface area (Å²) in [6.45, 7) is 10.2. The molecule has 4 rings (SSSR count). The molecule has 1 aromatic carbocycles. The number of aromatic nitrogens is 5. The fraction of sp³-hybridized carbons (Fsp3) is 0.333. The van der Waals surface area contributed by atoms with Gasteiger partial charge in [-0.15, -0.1) is 0 Å². The van der Waals surface area contributed by atoms with Crippen LogP contribution < -0.4 is 10.1 Å². The number of nitrogens with zero attached hydrogens (tertiary/aromatic N) is 5. The van der Waals surface area contributed by atoms with Gasteiger partial charge in [0.2, 0.25) is 5.91 Å². The maximum atomic E-state index is 11.8. The number of rotatable bonds is 9. The highest BCUT2D eigenvalue weighted by Gasteiger charge is 2.18. The normalized spacial score (nSPS) is 11.1. The molecule has 0 aliphatic rings. The highest BCUT2D eigenvalue weighted by molar-refractivity contribution is 7.19. The van der Waals surface area contributed by atoms with Gasteiger partial charge in [-0.05, 0) is 56.0 Å². The number of ether oxygens (including phenoxy) is 1. The minimum atomic E-state index is -0.0820. The molecule has 3 aromatic heterocycles.